The number of fused-ring (bicyclic) bond motifs is 1. The lowest BCUT2D eigenvalue weighted by Gasteiger charge is -2.36. The van der Waals surface area contributed by atoms with E-state index in [0.717, 1.165) is 93.8 Å². The molecule has 2 aliphatic rings. The number of piperazine rings is 1. The van der Waals surface area contributed by atoms with Crippen molar-refractivity contribution in [3.05, 3.63) is 142 Å². The van der Waals surface area contributed by atoms with Crippen LogP contribution in [0, 0.1) is 10.1 Å². The van der Waals surface area contributed by atoms with Gasteiger partial charge in [-0.2, -0.15) is 0 Å². The number of hydrogen-bond donors (Lipinski definition) is 2. The third kappa shape index (κ3) is 12.1. The van der Waals surface area contributed by atoms with Crippen LogP contribution in [-0.4, -0.2) is 103 Å². The van der Waals surface area contributed by atoms with Crippen molar-refractivity contribution in [2.24, 2.45) is 0 Å². The van der Waals surface area contributed by atoms with Crippen molar-refractivity contribution in [1.29, 1.82) is 0 Å². The monoisotopic (exact) mass is 934 g/mol. The molecule has 2 aliphatic heterocycles. The highest BCUT2D eigenvalue weighted by molar-refractivity contribution is 7.99. The van der Waals surface area contributed by atoms with E-state index in [9.17, 15) is 18.5 Å². The molecule has 0 unspecified atom stereocenters. The highest BCUT2D eigenvalue weighted by Crippen LogP contribution is 2.33. The highest BCUT2D eigenvalue weighted by atomic mass is 35.5. The SMILES string of the molecule is CC(C)OC1CCN(CC[C@H](CSc2ccccc2)Nc2ccc(S(=O)(=O)Nc3ncnc4cc(N5CCN(Cc6ccccc6-c6ccc(Cl)cc6)CC5)ccc34)cc2[N+](=O)[O-])CC1. The minimum Gasteiger partial charge on any atom is -0.376 e. The zero-order valence-corrected chi connectivity index (χ0v) is 39.1. The van der Waals surface area contributed by atoms with Crippen molar-refractivity contribution in [3.8, 4) is 11.1 Å². The predicted octanol–water partition coefficient (Wildman–Crippen LogP) is 9.83. The van der Waals surface area contributed by atoms with Crippen LogP contribution in [0.4, 0.5) is 22.9 Å². The molecule has 3 heterocycles. The van der Waals surface area contributed by atoms with Crippen LogP contribution in [0.15, 0.2) is 131 Å². The number of rotatable bonds is 18. The Balaban J connectivity index is 0.922. The van der Waals surface area contributed by atoms with Gasteiger partial charge in [-0.05, 0) is 104 Å². The van der Waals surface area contributed by atoms with Crippen LogP contribution in [0.1, 0.15) is 38.7 Å². The van der Waals surface area contributed by atoms with Crippen LogP contribution < -0.4 is 14.9 Å². The normalized spacial score (nSPS) is 15.9. The number of sulfonamides is 1. The van der Waals surface area contributed by atoms with Gasteiger partial charge in [0.1, 0.15) is 12.0 Å². The third-order valence-electron chi connectivity index (χ3n) is 12.0. The number of likely N-dealkylation sites (tertiary alicyclic amines) is 1. The summed E-state index contributed by atoms with van der Waals surface area (Å²) < 4.78 is 36.5. The summed E-state index contributed by atoms with van der Waals surface area (Å²) in [5.41, 5.74) is 5.09. The van der Waals surface area contributed by atoms with E-state index in [4.69, 9.17) is 16.3 Å². The van der Waals surface area contributed by atoms with Gasteiger partial charge in [0.15, 0.2) is 5.82 Å². The maximum atomic E-state index is 13.9. The lowest BCUT2D eigenvalue weighted by atomic mass is 9.99. The summed E-state index contributed by atoms with van der Waals surface area (Å²) in [5.74, 6) is 0.753. The van der Waals surface area contributed by atoms with Gasteiger partial charge >= 0.3 is 0 Å². The third-order valence-corrected chi connectivity index (χ3v) is 14.7. The van der Waals surface area contributed by atoms with E-state index in [0.29, 0.717) is 21.7 Å². The van der Waals surface area contributed by atoms with E-state index >= 15 is 0 Å². The van der Waals surface area contributed by atoms with E-state index < -0.39 is 14.9 Å². The predicted molar refractivity (Wildman–Crippen MR) is 263 cm³/mol. The highest BCUT2D eigenvalue weighted by Gasteiger charge is 2.27. The second-order valence-corrected chi connectivity index (χ2v) is 20.1. The van der Waals surface area contributed by atoms with E-state index in [1.807, 2.05) is 60.7 Å². The maximum Gasteiger partial charge on any atom is 0.293 e. The van der Waals surface area contributed by atoms with Gasteiger partial charge in [0.25, 0.3) is 15.7 Å². The number of benzene rings is 5. The molecule has 65 heavy (non-hydrogen) atoms. The number of anilines is 3. The van der Waals surface area contributed by atoms with Gasteiger partial charge in [0, 0.05) is 91.2 Å². The van der Waals surface area contributed by atoms with Gasteiger partial charge in [-0.15, -0.1) is 11.8 Å². The molecule has 1 atom stereocenters. The first-order valence-corrected chi connectivity index (χ1v) is 25.0. The fraction of sp³-hybridized carbons (Fsp3) is 0.347. The number of piperidine rings is 1. The zero-order valence-electron chi connectivity index (χ0n) is 36.7. The molecule has 8 rings (SSSR count). The number of aromatic nitrogens is 2. The van der Waals surface area contributed by atoms with E-state index in [2.05, 4.69) is 85.0 Å². The van der Waals surface area contributed by atoms with Crippen molar-refractivity contribution < 1.29 is 18.1 Å². The second kappa shape index (κ2) is 21.3. The average molecular weight is 936 g/mol. The molecule has 6 aromatic rings. The number of nitro groups is 1. The smallest absolute Gasteiger partial charge is 0.293 e. The number of ether oxygens (including phenoxy) is 1. The zero-order chi connectivity index (χ0) is 45.3. The first kappa shape index (κ1) is 46.2. The van der Waals surface area contributed by atoms with Crippen LogP contribution in [0.5, 0.6) is 0 Å². The Labute approximate surface area is 390 Å². The molecule has 340 valence electrons. The number of nitrogens with one attached hydrogen (secondary N) is 2. The maximum absolute atomic E-state index is 13.9. The molecule has 2 saturated heterocycles. The fourth-order valence-electron chi connectivity index (χ4n) is 8.56. The van der Waals surface area contributed by atoms with Crippen molar-refractivity contribution in [1.82, 2.24) is 19.8 Å². The second-order valence-electron chi connectivity index (χ2n) is 16.9. The van der Waals surface area contributed by atoms with Crippen molar-refractivity contribution in [2.75, 3.05) is 66.5 Å². The Hall–Kier alpha value is -5.29. The molecule has 0 spiro atoms. The first-order valence-electron chi connectivity index (χ1n) is 22.2. The minimum absolute atomic E-state index is 0.0911. The van der Waals surface area contributed by atoms with Gasteiger partial charge < -0.3 is 19.9 Å². The van der Waals surface area contributed by atoms with Crippen LogP contribution in [0.3, 0.4) is 0 Å². The van der Waals surface area contributed by atoms with E-state index in [1.54, 1.807) is 11.8 Å². The molecule has 2 fully saturated rings. The van der Waals surface area contributed by atoms with Crippen LogP contribution >= 0.6 is 23.4 Å². The largest absolute Gasteiger partial charge is 0.376 e. The van der Waals surface area contributed by atoms with Gasteiger partial charge in [-0.25, -0.2) is 18.4 Å². The molecule has 0 saturated carbocycles. The van der Waals surface area contributed by atoms with Crippen molar-refractivity contribution >= 4 is 67.2 Å². The molecule has 1 aromatic heterocycles. The molecule has 0 amide bonds. The van der Waals surface area contributed by atoms with Crippen LogP contribution in [0.2, 0.25) is 5.02 Å². The summed E-state index contributed by atoms with van der Waals surface area (Å²) >= 11 is 7.83. The summed E-state index contributed by atoms with van der Waals surface area (Å²) in [6.07, 6.45) is 4.47. The number of thioether (sulfide) groups is 1. The summed E-state index contributed by atoms with van der Waals surface area (Å²) in [5, 5.41) is 17.2. The van der Waals surface area contributed by atoms with Crippen molar-refractivity contribution in [2.45, 2.75) is 67.7 Å². The lowest BCUT2D eigenvalue weighted by Crippen LogP contribution is -2.46. The van der Waals surface area contributed by atoms with Crippen LogP contribution in [0.25, 0.3) is 22.0 Å². The Kier molecular flexibility index (Phi) is 15.2. The molecule has 13 nitrogen and oxygen atoms in total. The van der Waals surface area contributed by atoms with Gasteiger partial charge in [-0.1, -0.05) is 66.2 Å². The molecule has 2 N–H and O–H groups in total. The summed E-state index contributed by atoms with van der Waals surface area (Å²) in [4.78, 5) is 28.8. The van der Waals surface area contributed by atoms with E-state index in [-0.39, 0.29) is 40.3 Å². The number of nitrogens with zero attached hydrogens (tertiary/aromatic N) is 6. The molecule has 0 aliphatic carbocycles. The molecule has 5 aromatic carbocycles. The van der Waals surface area contributed by atoms with Gasteiger partial charge in [0.2, 0.25) is 0 Å². The standard InChI is InChI=1S/C49H55ClN8O5S2/c1-35(2)63-41-21-24-55(25-22-41)23-20-39(33-64-42-9-4-3-5-10-42)53-46-19-17-43(31-48(46)58(59)60)65(61,62)54-49-45-18-16-40(30-47(45)51-34-52-49)57-28-26-56(27-29-57)32-37-8-6-7-11-44(37)36-12-14-38(50)15-13-36/h3-19,30-31,34-35,39,41,53H,20-29,32-33H2,1-2H3,(H,51,52,54)/t39-/m1/s1. The summed E-state index contributed by atoms with van der Waals surface area (Å²) in [6, 6.07) is 36.1. The average Bonchev–Trinajstić information content (AvgIpc) is 3.31. The number of hydrogen-bond acceptors (Lipinski definition) is 12. The summed E-state index contributed by atoms with van der Waals surface area (Å²) in [6.45, 7) is 11.0. The Morgan fingerprint density at radius 1 is 0.862 bits per heavy atom. The molecular weight excluding hydrogens is 880 g/mol. The molecule has 0 radical (unpaired) electrons. The summed E-state index contributed by atoms with van der Waals surface area (Å²) in [7, 11) is -4.29. The van der Waals surface area contributed by atoms with Crippen molar-refractivity contribution in [3.63, 3.8) is 0 Å². The Morgan fingerprint density at radius 2 is 1.60 bits per heavy atom. The Bertz CT molecular complexity index is 2660. The fourth-order valence-corrected chi connectivity index (χ4v) is 10.7. The Morgan fingerprint density at radius 3 is 2.34 bits per heavy atom. The number of halogens is 1. The quantitative estimate of drug-likeness (QED) is 0.0481. The minimum atomic E-state index is -4.29. The van der Waals surface area contributed by atoms with Gasteiger partial charge in [-0.3, -0.25) is 19.7 Å². The molecule has 0 bridgehead atoms. The lowest BCUT2D eigenvalue weighted by molar-refractivity contribution is -0.384. The van der Waals surface area contributed by atoms with Crippen LogP contribution in [-0.2, 0) is 21.3 Å². The molecule has 16 heteroatoms. The van der Waals surface area contributed by atoms with Gasteiger partial charge in [0.05, 0.1) is 27.5 Å². The first-order chi connectivity index (χ1) is 31.5. The number of nitro benzene ring substituents is 1. The topological polar surface area (TPSA) is 146 Å². The van der Waals surface area contributed by atoms with E-state index in [1.165, 1.54) is 29.6 Å². The molecular formula is C49H55ClN8O5S2.